The maximum atomic E-state index is 13.3. The number of hydrogen-bond acceptors (Lipinski definition) is 5. The number of hydrogen-bond donors (Lipinski definition) is 0. The molecule has 2 aromatic carbocycles. The fraction of sp³-hybridized carbons (Fsp3) is 0.417. The lowest BCUT2D eigenvalue weighted by Gasteiger charge is -2.41. The molecule has 158 valence electrons. The van der Waals surface area contributed by atoms with Crippen molar-refractivity contribution in [3.63, 3.8) is 0 Å². The average Bonchev–Trinajstić information content (AvgIpc) is 3.23. The lowest BCUT2D eigenvalue weighted by atomic mass is 9.74. The highest BCUT2D eigenvalue weighted by molar-refractivity contribution is 5.95. The molecule has 1 atom stereocenters. The Kier molecular flexibility index (Phi) is 5.66. The second-order valence-electron chi connectivity index (χ2n) is 8.00. The number of nitrogens with zero attached hydrogens (tertiary/aromatic N) is 1. The van der Waals surface area contributed by atoms with Gasteiger partial charge >= 0.3 is 5.97 Å². The molecule has 30 heavy (non-hydrogen) atoms. The van der Waals surface area contributed by atoms with E-state index in [2.05, 4.69) is 6.07 Å². The van der Waals surface area contributed by atoms with E-state index in [1.54, 1.807) is 23.1 Å². The Hall–Kier alpha value is -3.02. The van der Waals surface area contributed by atoms with Crippen molar-refractivity contribution in [2.45, 2.75) is 33.1 Å². The van der Waals surface area contributed by atoms with Crippen LogP contribution in [0.1, 0.15) is 41.3 Å². The summed E-state index contributed by atoms with van der Waals surface area (Å²) in [6.07, 6.45) is 2.01. The monoisotopic (exact) mass is 409 g/mol. The van der Waals surface area contributed by atoms with Crippen LogP contribution in [0.15, 0.2) is 42.5 Å². The molecule has 1 amide bonds. The summed E-state index contributed by atoms with van der Waals surface area (Å²) in [5.41, 5.74) is 2.05. The highest BCUT2D eigenvalue weighted by atomic mass is 16.7. The molecule has 1 fully saturated rings. The van der Waals surface area contributed by atoms with Crippen molar-refractivity contribution in [1.29, 1.82) is 0 Å². The zero-order valence-corrected chi connectivity index (χ0v) is 17.5. The van der Waals surface area contributed by atoms with Crippen LogP contribution in [0.5, 0.6) is 11.5 Å². The van der Waals surface area contributed by atoms with E-state index in [4.69, 9.17) is 14.2 Å². The first-order valence-electron chi connectivity index (χ1n) is 10.4. The van der Waals surface area contributed by atoms with Crippen LogP contribution in [-0.2, 0) is 16.0 Å². The first-order chi connectivity index (χ1) is 14.5. The van der Waals surface area contributed by atoms with Gasteiger partial charge in [-0.05, 0) is 62.4 Å². The number of likely N-dealkylation sites (tertiary alicyclic amines) is 1. The Balaban J connectivity index is 1.61. The Labute approximate surface area is 176 Å². The lowest BCUT2D eigenvalue weighted by Crippen LogP contribution is -2.51. The second kappa shape index (κ2) is 8.38. The maximum Gasteiger partial charge on any atom is 0.314 e. The molecular formula is C24H27NO5. The minimum absolute atomic E-state index is 0.105. The number of fused-ring (bicyclic) bond motifs is 1. The van der Waals surface area contributed by atoms with Crippen molar-refractivity contribution in [2.24, 2.45) is 5.41 Å². The van der Waals surface area contributed by atoms with Gasteiger partial charge in [-0.2, -0.15) is 0 Å². The molecule has 0 aliphatic carbocycles. The zero-order valence-electron chi connectivity index (χ0n) is 17.5. The van der Waals surface area contributed by atoms with Gasteiger partial charge < -0.3 is 19.1 Å². The Morgan fingerprint density at radius 3 is 2.73 bits per heavy atom. The van der Waals surface area contributed by atoms with Crippen molar-refractivity contribution in [1.82, 2.24) is 4.90 Å². The standard InChI is InChI=1S/C24H27NO5/c1-3-28-23(27)24(14-19-8-5-4-7-17(19)2)11-6-12-25(15-24)22(26)18-9-10-20-21(13-18)30-16-29-20/h4-5,7-10,13H,3,6,11-12,14-16H2,1-2H3. The number of piperidine rings is 1. The van der Waals surface area contributed by atoms with Gasteiger partial charge in [0.05, 0.1) is 12.0 Å². The Bertz CT molecular complexity index is 956. The van der Waals surface area contributed by atoms with E-state index in [1.807, 2.05) is 32.0 Å². The quantitative estimate of drug-likeness (QED) is 0.704. The molecule has 0 saturated carbocycles. The molecule has 2 heterocycles. The van der Waals surface area contributed by atoms with Gasteiger partial charge in [-0.1, -0.05) is 24.3 Å². The van der Waals surface area contributed by atoms with Crippen molar-refractivity contribution in [3.05, 3.63) is 59.2 Å². The highest BCUT2D eigenvalue weighted by Crippen LogP contribution is 2.38. The summed E-state index contributed by atoms with van der Waals surface area (Å²) in [5, 5.41) is 0. The summed E-state index contributed by atoms with van der Waals surface area (Å²) >= 11 is 0. The molecule has 2 aliphatic rings. The number of carbonyl (C=O) groups is 2. The van der Waals surface area contributed by atoms with Crippen LogP contribution >= 0.6 is 0 Å². The Morgan fingerprint density at radius 1 is 1.13 bits per heavy atom. The lowest BCUT2D eigenvalue weighted by molar-refractivity contribution is -0.158. The van der Waals surface area contributed by atoms with Crippen LogP contribution in [0.4, 0.5) is 0 Å². The molecule has 2 aromatic rings. The molecule has 4 rings (SSSR count). The molecule has 6 heteroatoms. The normalized spacial score (nSPS) is 20.1. The topological polar surface area (TPSA) is 65.1 Å². The summed E-state index contributed by atoms with van der Waals surface area (Å²) in [6.45, 7) is 5.31. The summed E-state index contributed by atoms with van der Waals surface area (Å²) in [5.74, 6) is 0.892. The second-order valence-corrected chi connectivity index (χ2v) is 8.00. The summed E-state index contributed by atoms with van der Waals surface area (Å²) < 4.78 is 16.2. The molecule has 1 saturated heterocycles. The molecule has 0 radical (unpaired) electrons. The Morgan fingerprint density at radius 2 is 1.93 bits per heavy atom. The molecule has 0 aromatic heterocycles. The molecule has 1 unspecified atom stereocenters. The number of carbonyl (C=O) groups excluding carboxylic acids is 2. The van der Waals surface area contributed by atoms with Crippen molar-refractivity contribution >= 4 is 11.9 Å². The van der Waals surface area contributed by atoms with Gasteiger partial charge in [0.1, 0.15) is 0 Å². The number of amides is 1. The minimum Gasteiger partial charge on any atom is -0.466 e. The predicted molar refractivity (Wildman–Crippen MR) is 112 cm³/mol. The van der Waals surface area contributed by atoms with E-state index < -0.39 is 5.41 Å². The van der Waals surface area contributed by atoms with Gasteiger partial charge in [0.25, 0.3) is 5.91 Å². The summed E-state index contributed by atoms with van der Waals surface area (Å²) in [7, 11) is 0. The van der Waals surface area contributed by atoms with Crippen LogP contribution in [0.3, 0.4) is 0 Å². The van der Waals surface area contributed by atoms with Crippen LogP contribution in [0.25, 0.3) is 0 Å². The third-order valence-electron chi connectivity index (χ3n) is 5.98. The van der Waals surface area contributed by atoms with Gasteiger partial charge in [0.2, 0.25) is 6.79 Å². The number of rotatable bonds is 5. The SMILES string of the molecule is CCOC(=O)C1(Cc2ccccc2C)CCCN(C(=O)c2ccc3c(c2)OCO3)C1. The molecule has 0 N–H and O–H groups in total. The largest absolute Gasteiger partial charge is 0.466 e. The third-order valence-corrected chi connectivity index (χ3v) is 5.98. The van der Waals surface area contributed by atoms with Crippen molar-refractivity contribution < 1.29 is 23.8 Å². The molecular weight excluding hydrogens is 382 g/mol. The van der Waals surface area contributed by atoms with Crippen molar-refractivity contribution in [2.75, 3.05) is 26.5 Å². The van der Waals surface area contributed by atoms with Gasteiger partial charge in [0, 0.05) is 18.7 Å². The van der Waals surface area contributed by atoms with E-state index >= 15 is 0 Å². The smallest absolute Gasteiger partial charge is 0.314 e. The third kappa shape index (κ3) is 3.86. The van der Waals surface area contributed by atoms with E-state index in [0.29, 0.717) is 49.6 Å². The van der Waals surface area contributed by atoms with E-state index in [-0.39, 0.29) is 18.7 Å². The van der Waals surface area contributed by atoms with Gasteiger partial charge in [0.15, 0.2) is 11.5 Å². The zero-order chi connectivity index (χ0) is 21.1. The fourth-order valence-electron chi connectivity index (χ4n) is 4.36. The number of ether oxygens (including phenoxy) is 3. The average molecular weight is 409 g/mol. The minimum atomic E-state index is -0.744. The fourth-order valence-corrected chi connectivity index (χ4v) is 4.36. The van der Waals surface area contributed by atoms with E-state index in [9.17, 15) is 9.59 Å². The van der Waals surface area contributed by atoms with Crippen LogP contribution < -0.4 is 9.47 Å². The molecule has 0 spiro atoms. The first-order valence-corrected chi connectivity index (χ1v) is 10.4. The van der Waals surface area contributed by atoms with Crippen LogP contribution in [-0.4, -0.2) is 43.3 Å². The summed E-state index contributed by atoms with van der Waals surface area (Å²) in [4.78, 5) is 28.1. The molecule has 0 bridgehead atoms. The maximum absolute atomic E-state index is 13.3. The van der Waals surface area contributed by atoms with E-state index in [0.717, 1.165) is 17.5 Å². The highest BCUT2D eigenvalue weighted by Gasteiger charge is 2.45. The predicted octanol–water partition coefficient (Wildman–Crippen LogP) is 3.75. The van der Waals surface area contributed by atoms with Gasteiger partial charge in [-0.25, -0.2) is 0 Å². The van der Waals surface area contributed by atoms with E-state index in [1.165, 1.54) is 0 Å². The number of aryl methyl sites for hydroxylation is 1. The van der Waals surface area contributed by atoms with Crippen LogP contribution in [0, 0.1) is 12.3 Å². The van der Waals surface area contributed by atoms with Gasteiger partial charge in [-0.15, -0.1) is 0 Å². The number of benzene rings is 2. The summed E-state index contributed by atoms with van der Waals surface area (Å²) in [6, 6.07) is 13.3. The first kappa shape index (κ1) is 20.3. The number of esters is 1. The molecule has 2 aliphatic heterocycles. The van der Waals surface area contributed by atoms with Crippen molar-refractivity contribution in [3.8, 4) is 11.5 Å². The molecule has 6 nitrogen and oxygen atoms in total. The van der Waals surface area contributed by atoms with Crippen LogP contribution in [0.2, 0.25) is 0 Å². The van der Waals surface area contributed by atoms with Gasteiger partial charge in [-0.3, -0.25) is 9.59 Å².